The van der Waals surface area contributed by atoms with E-state index in [1.165, 1.54) is 6.42 Å². The molecule has 2 N–H and O–H groups in total. The zero-order chi connectivity index (χ0) is 16.4. The molecule has 0 radical (unpaired) electrons. The van der Waals surface area contributed by atoms with Gasteiger partial charge in [0, 0.05) is 34.0 Å². The van der Waals surface area contributed by atoms with Crippen LogP contribution in [0.15, 0.2) is 29.2 Å². The molecular formula is C18H29NO2S. The highest BCUT2D eigenvalue weighted by Gasteiger charge is 2.42. The molecule has 1 fully saturated rings. The number of hydrogen-bond donors (Lipinski definition) is 2. The largest absolute Gasteiger partial charge is 0.394 e. The van der Waals surface area contributed by atoms with Gasteiger partial charge in [-0.2, -0.15) is 0 Å². The molecule has 0 aliphatic heterocycles. The summed E-state index contributed by atoms with van der Waals surface area (Å²) in [5.41, 5.74) is 1.24. The molecule has 0 spiro atoms. The van der Waals surface area contributed by atoms with Gasteiger partial charge in [0.2, 0.25) is 0 Å². The lowest BCUT2D eigenvalue weighted by Crippen LogP contribution is -2.54. The molecule has 3 unspecified atom stereocenters. The lowest BCUT2D eigenvalue weighted by Gasteiger charge is -2.47. The third-order valence-electron chi connectivity index (χ3n) is 4.68. The minimum absolute atomic E-state index is 0.178. The van der Waals surface area contributed by atoms with Gasteiger partial charge in [-0.25, -0.2) is 0 Å². The molecule has 3 atom stereocenters. The van der Waals surface area contributed by atoms with Crippen LogP contribution in [0.2, 0.25) is 0 Å². The second kappa shape index (κ2) is 6.81. The van der Waals surface area contributed by atoms with E-state index in [9.17, 15) is 9.32 Å². The number of aliphatic hydroxyl groups is 1. The Morgan fingerprint density at radius 2 is 1.91 bits per heavy atom. The van der Waals surface area contributed by atoms with E-state index in [2.05, 4.69) is 26.1 Å². The van der Waals surface area contributed by atoms with Crippen molar-refractivity contribution in [3.05, 3.63) is 29.8 Å². The first kappa shape index (κ1) is 17.6. The van der Waals surface area contributed by atoms with Crippen LogP contribution in [0.1, 0.15) is 45.6 Å². The highest BCUT2D eigenvalue weighted by atomic mass is 32.2. The summed E-state index contributed by atoms with van der Waals surface area (Å²) in [6, 6.07) is 7.89. The minimum Gasteiger partial charge on any atom is -0.394 e. The van der Waals surface area contributed by atoms with Gasteiger partial charge in [-0.3, -0.25) is 4.21 Å². The van der Waals surface area contributed by atoms with Crippen LogP contribution in [0.3, 0.4) is 0 Å². The maximum atomic E-state index is 11.4. The number of rotatable bonds is 5. The average molecular weight is 324 g/mol. The van der Waals surface area contributed by atoms with Gasteiger partial charge in [-0.15, -0.1) is 0 Å². The van der Waals surface area contributed by atoms with Gasteiger partial charge >= 0.3 is 0 Å². The molecule has 1 aliphatic rings. The normalized spacial score (nSPS) is 29.2. The molecule has 1 aromatic rings. The summed E-state index contributed by atoms with van der Waals surface area (Å²) < 4.78 is 11.4. The molecule has 22 heavy (non-hydrogen) atoms. The third kappa shape index (κ3) is 4.40. The van der Waals surface area contributed by atoms with E-state index < -0.39 is 10.8 Å². The van der Waals surface area contributed by atoms with Crippen LogP contribution < -0.4 is 5.32 Å². The number of hydrogen-bond acceptors (Lipinski definition) is 3. The SMILES string of the molecule is CC1CC(C)(C)CC(CO)(NCc2ccc(S(C)=O)cc2)C1. The van der Waals surface area contributed by atoms with E-state index in [0.29, 0.717) is 5.92 Å². The predicted octanol–water partition coefficient (Wildman–Crippen LogP) is 3.09. The van der Waals surface area contributed by atoms with Gasteiger partial charge in [0.15, 0.2) is 0 Å². The van der Waals surface area contributed by atoms with E-state index in [1.807, 2.05) is 24.3 Å². The summed E-state index contributed by atoms with van der Waals surface area (Å²) in [4.78, 5) is 0.855. The van der Waals surface area contributed by atoms with Crippen molar-refractivity contribution < 1.29 is 9.32 Å². The van der Waals surface area contributed by atoms with Crippen molar-refractivity contribution in [2.24, 2.45) is 11.3 Å². The fraction of sp³-hybridized carbons (Fsp3) is 0.667. The zero-order valence-corrected chi connectivity index (χ0v) is 15.0. The Labute approximate surface area is 137 Å². The molecule has 124 valence electrons. The Balaban J connectivity index is 2.05. The maximum Gasteiger partial charge on any atom is 0.0613 e. The van der Waals surface area contributed by atoms with Gasteiger partial charge < -0.3 is 10.4 Å². The molecular weight excluding hydrogens is 294 g/mol. The summed E-state index contributed by atoms with van der Waals surface area (Å²) in [5.74, 6) is 0.619. The van der Waals surface area contributed by atoms with Crippen molar-refractivity contribution in [3.8, 4) is 0 Å². The lowest BCUT2D eigenvalue weighted by molar-refractivity contribution is 0.0352. The Morgan fingerprint density at radius 1 is 1.27 bits per heavy atom. The molecule has 0 bridgehead atoms. The molecule has 0 heterocycles. The molecule has 1 aromatic carbocycles. The fourth-order valence-electron chi connectivity index (χ4n) is 4.14. The molecule has 0 aromatic heterocycles. The van der Waals surface area contributed by atoms with Gasteiger partial charge in [-0.05, 0) is 48.3 Å². The van der Waals surface area contributed by atoms with E-state index in [1.54, 1.807) is 6.26 Å². The van der Waals surface area contributed by atoms with Crippen LogP contribution in [-0.4, -0.2) is 27.7 Å². The second-order valence-corrected chi connectivity index (χ2v) is 9.12. The zero-order valence-electron chi connectivity index (χ0n) is 14.2. The number of benzene rings is 1. The molecule has 0 amide bonds. The van der Waals surface area contributed by atoms with E-state index in [-0.39, 0.29) is 17.6 Å². The van der Waals surface area contributed by atoms with Gasteiger partial charge in [-0.1, -0.05) is 32.9 Å². The maximum absolute atomic E-state index is 11.4. The molecule has 1 aliphatic carbocycles. The van der Waals surface area contributed by atoms with Crippen LogP contribution in [0, 0.1) is 11.3 Å². The predicted molar refractivity (Wildman–Crippen MR) is 92.2 cm³/mol. The first-order valence-corrected chi connectivity index (χ1v) is 9.59. The summed E-state index contributed by atoms with van der Waals surface area (Å²) in [7, 11) is -0.931. The number of aliphatic hydroxyl groups excluding tert-OH is 1. The van der Waals surface area contributed by atoms with Crippen LogP contribution in [0.5, 0.6) is 0 Å². The standard InChI is InChI=1S/C18H29NO2S/c1-14-9-17(2,3)12-18(10-14,13-20)19-11-15-5-7-16(8-6-15)22(4)21/h5-8,14,19-20H,9-13H2,1-4H3. The van der Waals surface area contributed by atoms with Crippen molar-refractivity contribution in [1.82, 2.24) is 5.32 Å². The summed E-state index contributed by atoms with van der Waals surface area (Å²) >= 11 is 0. The second-order valence-electron chi connectivity index (χ2n) is 7.74. The molecule has 2 rings (SSSR count). The van der Waals surface area contributed by atoms with Gasteiger partial charge in [0.1, 0.15) is 0 Å². The van der Waals surface area contributed by atoms with E-state index >= 15 is 0 Å². The Morgan fingerprint density at radius 3 is 2.41 bits per heavy atom. The molecule has 4 heteroatoms. The Bertz CT molecular complexity index is 526. The van der Waals surface area contributed by atoms with Crippen LogP contribution in [0.4, 0.5) is 0 Å². The topological polar surface area (TPSA) is 49.3 Å². The molecule has 0 saturated heterocycles. The summed E-state index contributed by atoms with van der Waals surface area (Å²) in [5, 5.41) is 13.6. The fourth-order valence-corrected chi connectivity index (χ4v) is 4.66. The summed E-state index contributed by atoms with van der Waals surface area (Å²) in [6.45, 7) is 7.77. The van der Waals surface area contributed by atoms with Gasteiger partial charge in [0.05, 0.1) is 6.61 Å². The van der Waals surface area contributed by atoms with E-state index in [4.69, 9.17) is 0 Å². The summed E-state index contributed by atoms with van der Waals surface area (Å²) in [6.07, 6.45) is 4.93. The van der Waals surface area contributed by atoms with Crippen molar-refractivity contribution in [3.63, 3.8) is 0 Å². The van der Waals surface area contributed by atoms with Gasteiger partial charge in [0.25, 0.3) is 0 Å². The van der Waals surface area contributed by atoms with Crippen LogP contribution in [0.25, 0.3) is 0 Å². The van der Waals surface area contributed by atoms with Crippen LogP contribution in [-0.2, 0) is 17.3 Å². The Hall–Kier alpha value is -0.710. The molecule has 3 nitrogen and oxygen atoms in total. The number of nitrogens with one attached hydrogen (secondary N) is 1. The smallest absolute Gasteiger partial charge is 0.0613 e. The quantitative estimate of drug-likeness (QED) is 0.875. The van der Waals surface area contributed by atoms with Crippen molar-refractivity contribution in [1.29, 1.82) is 0 Å². The van der Waals surface area contributed by atoms with Crippen LogP contribution >= 0.6 is 0 Å². The highest BCUT2D eigenvalue weighted by Crippen LogP contribution is 2.43. The third-order valence-corrected chi connectivity index (χ3v) is 5.62. The average Bonchev–Trinajstić information content (AvgIpc) is 2.43. The monoisotopic (exact) mass is 323 g/mol. The lowest BCUT2D eigenvalue weighted by atomic mass is 9.64. The Kier molecular flexibility index (Phi) is 5.46. The highest BCUT2D eigenvalue weighted by molar-refractivity contribution is 7.84. The van der Waals surface area contributed by atoms with Crippen molar-refractivity contribution >= 4 is 10.8 Å². The van der Waals surface area contributed by atoms with E-state index in [0.717, 1.165) is 29.8 Å². The first-order valence-electron chi connectivity index (χ1n) is 8.04. The first-order chi connectivity index (χ1) is 10.3. The van der Waals surface area contributed by atoms with Crippen molar-refractivity contribution in [2.45, 2.75) is 57.0 Å². The van der Waals surface area contributed by atoms with Crippen molar-refractivity contribution in [2.75, 3.05) is 12.9 Å². The minimum atomic E-state index is -0.931. The molecule has 1 saturated carbocycles.